The summed E-state index contributed by atoms with van der Waals surface area (Å²) in [4.78, 5) is 0. The van der Waals surface area contributed by atoms with Crippen molar-refractivity contribution in [3.8, 4) is 0 Å². The molecular weight excluding hydrogens is 148 g/mol. The van der Waals surface area contributed by atoms with E-state index in [0.717, 1.165) is 25.0 Å². The highest BCUT2D eigenvalue weighted by atomic mass is 16.5. The van der Waals surface area contributed by atoms with Crippen molar-refractivity contribution in [3.05, 3.63) is 36.6 Å². The van der Waals surface area contributed by atoms with E-state index in [1.165, 1.54) is 0 Å². The fourth-order valence-corrected chi connectivity index (χ4v) is 0.596. The Bertz CT molecular complexity index is 166. The highest BCUT2D eigenvalue weighted by Crippen LogP contribution is 1.97. The standard InChI is InChI=1S/C11H18O/c1-4-9-12-10-7-6-8-11(3)5-2/h6-8,10H,3-5,9H2,1-2H3/b8-6-,10-7+. The van der Waals surface area contributed by atoms with E-state index in [2.05, 4.69) is 20.4 Å². The van der Waals surface area contributed by atoms with Crippen molar-refractivity contribution in [3.63, 3.8) is 0 Å². The lowest BCUT2D eigenvalue weighted by Gasteiger charge is -1.93. The number of hydrogen-bond acceptors (Lipinski definition) is 1. The molecule has 0 saturated heterocycles. The van der Waals surface area contributed by atoms with Crippen molar-refractivity contribution in [1.29, 1.82) is 0 Å². The highest BCUT2D eigenvalue weighted by molar-refractivity contribution is 5.17. The van der Waals surface area contributed by atoms with E-state index in [-0.39, 0.29) is 0 Å². The van der Waals surface area contributed by atoms with E-state index >= 15 is 0 Å². The summed E-state index contributed by atoms with van der Waals surface area (Å²) in [5.41, 5.74) is 1.13. The number of rotatable bonds is 6. The third-order valence-electron chi connectivity index (χ3n) is 1.39. The quantitative estimate of drug-likeness (QED) is 0.333. The van der Waals surface area contributed by atoms with E-state index in [0.29, 0.717) is 0 Å². The van der Waals surface area contributed by atoms with E-state index in [9.17, 15) is 0 Å². The van der Waals surface area contributed by atoms with E-state index < -0.39 is 0 Å². The maximum atomic E-state index is 5.14. The molecule has 0 aromatic carbocycles. The molecule has 0 spiro atoms. The summed E-state index contributed by atoms with van der Waals surface area (Å²) in [6.07, 6.45) is 9.59. The minimum Gasteiger partial charge on any atom is -0.501 e. The Labute approximate surface area is 75.4 Å². The summed E-state index contributed by atoms with van der Waals surface area (Å²) >= 11 is 0. The fraction of sp³-hybridized carbons (Fsp3) is 0.455. The van der Waals surface area contributed by atoms with Crippen LogP contribution in [0.1, 0.15) is 26.7 Å². The van der Waals surface area contributed by atoms with Crippen LogP contribution in [0.15, 0.2) is 36.6 Å². The zero-order valence-corrected chi connectivity index (χ0v) is 8.05. The molecule has 0 rings (SSSR count). The molecule has 0 bridgehead atoms. The van der Waals surface area contributed by atoms with Crippen LogP contribution >= 0.6 is 0 Å². The maximum Gasteiger partial charge on any atom is 0.0870 e. The van der Waals surface area contributed by atoms with Gasteiger partial charge in [-0.15, -0.1) is 0 Å². The van der Waals surface area contributed by atoms with Gasteiger partial charge in [0, 0.05) is 0 Å². The molecule has 0 N–H and O–H groups in total. The topological polar surface area (TPSA) is 9.23 Å². The average molecular weight is 166 g/mol. The van der Waals surface area contributed by atoms with Gasteiger partial charge in [-0.1, -0.05) is 38.2 Å². The van der Waals surface area contributed by atoms with E-state index in [1.807, 2.05) is 18.2 Å². The van der Waals surface area contributed by atoms with Gasteiger partial charge in [-0.05, 0) is 18.9 Å². The first-order valence-corrected chi connectivity index (χ1v) is 4.43. The van der Waals surface area contributed by atoms with Gasteiger partial charge < -0.3 is 4.74 Å². The van der Waals surface area contributed by atoms with Gasteiger partial charge in [0.25, 0.3) is 0 Å². The van der Waals surface area contributed by atoms with Crippen LogP contribution in [-0.2, 0) is 4.74 Å². The second-order valence-electron chi connectivity index (χ2n) is 2.57. The molecule has 0 aromatic rings. The van der Waals surface area contributed by atoms with Crippen LogP contribution < -0.4 is 0 Å². The second-order valence-corrected chi connectivity index (χ2v) is 2.57. The molecule has 0 radical (unpaired) electrons. The van der Waals surface area contributed by atoms with Gasteiger partial charge in [-0.3, -0.25) is 0 Å². The van der Waals surface area contributed by atoms with Crippen molar-refractivity contribution < 1.29 is 4.74 Å². The molecule has 0 aromatic heterocycles. The van der Waals surface area contributed by atoms with Gasteiger partial charge >= 0.3 is 0 Å². The molecule has 0 aliphatic carbocycles. The van der Waals surface area contributed by atoms with Crippen LogP contribution in [0.3, 0.4) is 0 Å². The van der Waals surface area contributed by atoms with Crippen LogP contribution in [0, 0.1) is 0 Å². The number of hydrogen-bond donors (Lipinski definition) is 0. The zero-order valence-electron chi connectivity index (χ0n) is 8.05. The lowest BCUT2D eigenvalue weighted by Crippen LogP contribution is -1.81. The zero-order chi connectivity index (χ0) is 9.23. The fourth-order valence-electron chi connectivity index (χ4n) is 0.596. The molecule has 1 nitrogen and oxygen atoms in total. The van der Waals surface area contributed by atoms with Gasteiger partial charge in [-0.2, -0.15) is 0 Å². The third-order valence-corrected chi connectivity index (χ3v) is 1.39. The van der Waals surface area contributed by atoms with Crippen molar-refractivity contribution >= 4 is 0 Å². The molecule has 0 atom stereocenters. The molecule has 0 aliphatic heterocycles. The molecule has 0 heterocycles. The van der Waals surface area contributed by atoms with Crippen molar-refractivity contribution in [2.24, 2.45) is 0 Å². The second kappa shape index (κ2) is 8.12. The van der Waals surface area contributed by atoms with Crippen molar-refractivity contribution in [2.75, 3.05) is 6.61 Å². The molecule has 0 unspecified atom stereocenters. The van der Waals surface area contributed by atoms with Gasteiger partial charge in [0.15, 0.2) is 0 Å². The normalized spacial score (nSPS) is 11.2. The van der Waals surface area contributed by atoms with Gasteiger partial charge in [-0.25, -0.2) is 0 Å². The smallest absolute Gasteiger partial charge is 0.0870 e. The Morgan fingerprint density at radius 1 is 1.33 bits per heavy atom. The molecule has 0 amide bonds. The Morgan fingerprint density at radius 2 is 2.08 bits per heavy atom. The molecule has 0 fully saturated rings. The first kappa shape index (κ1) is 11.0. The van der Waals surface area contributed by atoms with Crippen LogP contribution in [0.5, 0.6) is 0 Å². The predicted octanol–water partition coefficient (Wildman–Crippen LogP) is 3.45. The summed E-state index contributed by atoms with van der Waals surface area (Å²) < 4.78 is 5.14. The Hall–Kier alpha value is -0.980. The van der Waals surface area contributed by atoms with Crippen LogP contribution in [0.25, 0.3) is 0 Å². The maximum absolute atomic E-state index is 5.14. The monoisotopic (exact) mass is 166 g/mol. The summed E-state index contributed by atoms with van der Waals surface area (Å²) in [6.45, 7) is 8.81. The summed E-state index contributed by atoms with van der Waals surface area (Å²) in [7, 11) is 0. The molecule has 12 heavy (non-hydrogen) atoms. The largest absolute Gasteiger partial charge is 0.501 e. The molecular formula is C11H18O. The molecule has 68 valence electrons. The van der Waals surface area contributed by atoms with Gasteiger partial charge in [0.1, 0.15) is 0 Å². The van der Waals surface area contributed by atoms with Crippen molar-refractivity contribution in [2.45, 2.75) is 26.7 Å². The minimum absolute atomic E-state index is 0.791. The minimum atomic E-state index is 0.791. The molecule has 0 aliphatic rings. The molecule has 0 saturated carbocycles. The van der Waals surface area contributed by atoms with Crippen LogP contribution in [0.4, 0.5) is 0 Å². The van der Waals surface area contributed by atoms with Crippen LogP contribution in [-0.4, -0.2) is 6.61 Å². The van der Waals surface area contributed by atoms with E-state index in [1.54, 1.807) is 6.26 Å². The third kappa shape index (κ3) is 7.13. The van der Waals surface area contributed by atoms with Crippen molar-refractivity contribution in [1.82, 2.24) is 0 Å². The average Bonchev–Trinajstić information content (AvgIpc) is 2.10. The van der Waals surface area contributed by atoms with Gasteiger partial charge in [0.2, 0.25) is 0 Å². The SMILES string of the molecule is C=C(/C=C\C=C\OCCC)CC. The van der Waals surface area contributed by atoms with Gasteiger partial charge in [0.05, 0.1) is 12.9 Å². The predicted molar refractivity (Wildman–Crippen MR) is 54.0 cm³/mol. The van der Waals surface area contributed by atoms with Crippen LogP contribution in [0.2, 0.25) is 0 Å². The van der Waals surface area contributed by atoms with E-state index in [4.69, 9.17) is 4.74 Å². The summed E-state index contributed by atoms with van der Waals surface area (Å²) in [6, 6.07) is 0. The first-order chi connectivity index (χ1) is 5.81. The highest BCUT2D eigenvalue weighted by Gasteiger charge is 1.78. The Kier molecular flexibility index (Phi) is 7.46. The Balaban J connectivity index is 3.45. The number of allylic oxidation sites excluding steroid dienone is 4. The lowest BCUT2D eigenvalue weighted by atomic mass is 10.2. The lowest BCUT2D eigenvalue weighted by molar-refractivity contribution is 0.250. The summed E-state index contributed by atoms with van der Waals surface area (Å²) in [5.74, 6) is 0. The number of ether oxygens (including phenoxy) is 1. The Morgan fingerprint density at radius 3 is 2.67 bits per heavy atom. The molecule has 1 heteroatoms. The first-order valence-electron chi connectivity index (χ1n) is 4.43. The summed E-state index contributed by atoms with van der Waals surface area (Å²) in [5, 5.41) is 0.